The highest BCUT2D eigenvalue weighted by molar-refractivity contribution is 6.20. The van der Waals surface area contributed by atoms with Crippen molar-refractivity contribution in [3.05, 3.63) is 359 Å². The van der Waals surface area contributed by atoms with Gasteiger partial charge in [0.05, 0.1) is 43.8 Å². The normalized spacial score (nSPS) is 13.2. The summed E-state index contributed by atoms with van der Waals surface area (Å²) in [7, 11) is 8.36. The maximum absolute atomic E-state index is 8.56. The third kappa shape index (κ3) is 13.6. The minimum atomic E-state index is -2.43. The Bertz CT molecular complexity index is 9030. The Kier molecular flexibility index (Phi) is 18.4. The summed E-state index contributed by atoms with van der Waals surface area (Å²) < 4.78 is 75.7. The van der Waals surface area contributed by atoms with Gasteiger partial charge in [-0.05, 0) is 277 Å². The summed E-state index contributed by atoms with van der Waals surface area (Å²) in [5.41, 5.74) is 27.8. The van der Waals surface area contributed by atoms with Gasteiger partial charge in [-0.2, -0.15) is 0 Å². The molecule has 8 heteroatoms. The van der Waals surface area contributed by atoms with Crippen molar-refractivity contribution in [2.75, 3.05) is 0 Å². The van der Waals surface area contributed by atoms with Crippen LogP contribution in [0.3, 0.4) is 0 Å². The number of pyridine rings is 4. The molecule has 128 heavy (non-hydrogen) atoms. The van der Waals surface area contributed by atoms with E-state index in [9.17, 15) is 0 Å². The summed E-state index contributed by atoms with van der Waals surface area (Å²) in [5.74, 6) is -1.84. The minimum Gasteiger partial charge on any atom is -0.455 e. The van der Waals surface area contributed by atoms with Crippen LogP contribution in [0.5, 0.6) is 0 Å². The van der Waals surface area contributed by atoms with Gasteiger partial charge in [0.25, 0.3) is 0 Å². The third-order valence-corrected chi connectivity index (χ3v) is 27.3. The van der Waals surface area contributed by atoms with E-state index in [1.165, 1.54) is 155 Å². The molecule has 8 heterocycles. The monoisotopic (exact) mass is 1670 g/mol. The zero-order chi connectivity index (χ0) is 92.4. The lowest BCUT2D eigenvalue weighted by Crippen LogP contribution is -2.31. The topological polar surface area (TPSA) is 68.1 Å². The minimum absolute atomic E-state index is 0.473. The van der Waals surface area contributed by atoms with Gasteiger partial charge in [0, 0.05) is 74.2 Å². The fraction of sp³-hybridized carbons (Fsp3) is 0.167. The number of fused-ring (bicyclic) bond motifs is 20. The van der Waals surface area contributed by atoms with E-state index in [0.717, 1.165) is 121 Å². The Labute approximate surface area is 752 Å². The van der Waals surface area contributed by atoms with Crippen LogP contribution in [-0.4, -0.2) is 0 Å². The summed E-state index contributed by atoms with van der Waals surface area (Å²) in [6, 6.07) is 98.4. The molecule has 16 aromatic carbocycles. The molecule has 8 aromatic heterocycles. The standard InChI is InChI=1S/3C31H28NO.C27H20NO/c3*1-18(2)21-10-11-25-24(15-21)12-13-32(5)30(25)29-20(4)19(3)14-27-26-16-22-8-6-7-9-23(22)17-28(26)33-31(27)29;1-17-11-12-22-23-15-19-8-3-4-9-20(19)16-24(23)29-27(22)25(17)26-21-10-6-5-7-18(21)13-14-28(26)2/h3*6-18H,1-5H3;3-16H,1-2H3/q4*+1/i1D3,18D;18D;;. The first-order valence-electron chi connectivity index (χ1n) is 46.9. The fourth-order valence-corrected chi connectivity index (χ4v) is 19.8. The van der Waals surface area contributed by atoms with E-state index in [4.69, 9.17) is 24.5 Å². The van der Waals surface area contributed by atoms with Gasteiger partial charge in [0.2, 0.25) is 22.8 Å². The van der Waals surface area contributed by atoms with Crippen molar-refractivity contribution in [2.45, 2.75) is 108 Å². The zero-order valence-corrected chi connectivity index (χ0v) is 75.4. The first-order valence-corrected chi connectivity index (χ1v) is 44.4. The van der Waals surface area contributed by atoms with Gasteiger partial charge in [0.1, 0.15) is 72.9 Å². The molecule has 24 rings (SSSR count). The quantitative estimate of drug-likeness (QED) is 0.149. The molecule has 0 saturated heterocycles. The van der Waals surface area contributed by atoms with Crippen molar-refractivity contribution in [1.82, 2.24) is 0 Å². The van der Waals surface area contributed by atoms with Gasteiger partial charge in [-0.25, -0.2) is 18.3 Å². The molecule has 0 aliphatic carbocycles. The lowest BCUT2D eigenvalue weighted by Gasteiger charge is -2.12. The molecule has 0 amide bonds. The molecular formula is C120H104N4O4+4. The second kappa shape index (κ2) is 31.5. The summed E-state index contributed by atoms with van der Waals surface area (Å²) in [6.07, 6.45) is 8.41. The highest BCUT2D eigenvalue weighted by atomic mass is 16.3. The van der Waals surface area contributed by atoms with Crippen molar-refractivity contribution >= 4 is 174 Å². The lowest BCUT2D eigenvalue weighted by molar-refractivity contribution is -0.659. The second-order valence-electron chi connectivity index (χ2n) is 36.0. The molecule has 1 unspecified atom stereocenters. The van der Waals surface area contributed by atoms with Crippen molar-refractivity contribution in [1.29, 1.82) is 0 Å². The van der Waals surface area contributed by atoms with Crippen LogP contribution in [0.1, 0.15) is 122 Å². The molecule has 0 spiro atoms. The van der Waals surface area contributed by atoms with E-state index in [1.54, 1.807) is 6.07 Å². The highest BCUT2D eigenvalue weighted by Crippen LogP contribution is 2.48. The molecule has 0 radical (unpaired) electrons. The Morgan fingerprint density at radius 2 is 0.508 bits per heavy atom. The van der Waals surface area contributed by atoms with E-state index in [0.29, 0.717) is 11.5 Å². The SMILES string of the molecule is Cc1cc2c(oc3cc4ccccc4cc32)c(-c2c3ccc(C(C)C)cc3cc[n+]2C)c1C.Cc1ccc2c(oc3cc4ccccc4cc32)c1-c1c2ccccc2cc[n+]1C.[2H]C(C)(C)c1ccc2c(-c3c(C)c(C)cc4c3oc3cc5ccccc5cc34)[n+](C)ccc2c1.[2H]C([2H])([2H])C([2H])(C)c1ccc2c(-c3c(C)c(C)cc4c3oc3cc5ccccc5cc34)[n+](C)ccc2c1. The van der Waals surface area contributed by atoms with Gasteiger partial charge < -0.3 is 17.7 Å². The first kappa shape index (κ1) is 74.8. The molecule has 0 aliphatic heterocycles. The van der Waals surface area contributed by atoms with E-state index in [1.807, 2.05) is 51.4 Å². The van der Waals surface area contributed by atoms with Crippen LogP contribution in [0.15, 0.2) is 322 Å². The Balaban J connectivity index is 0.000000107. The van der Waals surface area contributed by atoms with Gasteiger partial charge in [-0.3, -0.25) is 0 Å². The number of hydrogen-bond donors (Lipinski definition) is 0. The molecule has 8 nitrogen and oxygen atoms in total. The number of benzene rings is 16. The number of nitrogens with zero attached hydrogens (tertiary/aromatic N) is 4. The Morgan fingerprint density at radius 1 is 0.234 bits per heavy atom. The average molecular weight is 1670 g/mol. The number of aryl methyl sites for hydroxylation is 8. The van der Waals surface area contributed by atoms with Crippen LogP contribution < -0.4 is 18.3 Å². The predicted octanol–water partition coefficient (Wildman–Crippen LogP) is 31.1. The smallest absolute Gasteiger partial charge is 0.224 e. The van der Waals surface area contributed by atoms with Crippen LogP contribution in [-0.2, 0) is 28.2 Å². The van der Waals surface area contributed by atoms with Crippen LogP contribution in [0.25, 0.3) is 219 Å². The molecule has 0 bridgehead atoms. The van der Waals surface area contributed by atoms with Crippen LogP contribution in [0, 0.1) is 48.5 Å². The van der Waals surface area contributed by atoms with Crippen LogP contribution in [0.2, 0.25) is 0 Å². The van der Waals surface area contributed by atoms with Gasteiger partial charge >= 0.3 is 0 Å². The largest absolute Gasteiger partial charge is 0.455 e. The summed E-state index contributed by atoms with van der Waals surface area (Å²) in [5, 5.41) is 27.9. The fourth-order valence-electron chi connectivity index (χ4n) is 19.8. The molecule has 0 saturated carbocycles. The van der Waals surface area contributed by atoms with Gasteiger partial charge in [-0.15, -0.1) is 0 Å². The molecule has 0 aliphatic rings. The summed E-state index contributed by atoms with van der Waals surface area (Å²) >= 11 is 0. The number of aromatic nitrogens is 4. The molecule has 0 N–H and O–H groups in total. The van der Waals surface area contributed by atoms with Gasteiger partial charge in [-0.1, -0.05) is 205 Å². The second-order valence-corrected chi connectivity index (χ2v) is 36.0. The first-order chi connectivity index (χ1) is 63.8. The number of rotatable bonds is 7. The van der Waals surface area contributed by atoms with E-state index >= 15 is 0 Å². The van der Waals surface area contributed by atoms with E-state index in [-0.39, 0.29) is 0 Å². The highest BCUT2D eigenvalue weighted by Gasteiger charge is 2.31. The summed E-state index contributed by atoms with van der Waals surface area (Å²) in [6.45, 7) is 22.6. The average Bonchev–Trinajstić information content (AvgIpc) is 1.58. The van der Waals surface area contributed by atoms with Crippen molar-refractivity contribution in [2.24, 2.45) is 28.2 Å². The summed E-state index contributed by atoms with van der Waals surface area (Å²) in [4.78, 5) is 0. The molecule has 624 valence electrons. The Morgan fingerprint density at radius 3 is 0.852 bits per heavy atom. The van der Waals surface area contributed by atoms with Crippen molar-refractivity contribution < 1.29 is 42.8 Å². The lowest BCUT2D eigenvalue weighted by atomic mass is 9.92. The third-order valence-electron chi connectivity index (χ3n) is 27.3. The predicted molar refractivity (Wildman–Crippen MR) is 537 cm³/mol. The number of hydrogen-bond acceptors (Lipinski definition) is 4. The van der Waals surface area contributed by atoms with E-state index < -0.39 is 18.6 Å². The van der Waals surface area contributed by atoms with Crippen molar-refractivity contribution in [3.8, 4) is 45.0 Å². The van der Waals surface area contributed by atoms with Crippen LogP contribution >= 0.6 is 0 Å². The van der Waals surface area contributed by atoms with Crippen molar-refractivity contribution in [3.63, 3.8) is 0 Å². The maximum atomic E-state index is 8.56. The van der Waals surface area contributed by atoms with Gasteiger partial charge in [0.15, 0.2) is 24.8 Å². The zero-order valence-electron chi connectivity index (χ0n) is 80.4. The van der Waals surface area contributed by atoms with Crippen LogP contribution in [0.4, 0.5) is 0 Å². The number of furan rings is 4. The molecule has 1 atom stereocenters. The molecule has 0 fully saturated rings. The van der Waals surface area contributed by atoms with E-state index in [2.05, 4.69) is 369 Å². The Hall–Kier alpha value is -14.6. The molecular weight excluding hydrogens is 1560 g/mol. The molecule has 24 aromatic rings. The maximum Gasteiger partial charge on any atom is 0.224 e.